The predicted molar refractivity (Wildman–Crippen MR) is 105 cm³/mol. The molecule has 2 aromatic carbocycles. The van der Waals surface area contributed by atoms with Gasteiger partial charge in [0.1, 0.15) is 11.1 Å². The smallest absolute Gasteiger partial charge is 0.262 e. The third-order valence-electron chi connectivity index (χ3n) is 3.93. The van der Waals surface area contributed by atoms with E-state index in [1.807, 2.05) is 0 Å². The molecule has 1 aliphatic rings. The minimum absolute atomic E-state index is 0.0341. The molecule has 4 N–H and O–H groups in total. The molecule has 28 heavy (non-hydrogen) atoms. The van der Waals surface area contributed by atoms with Gasteiger partial charge in [-0.25, -0.2) is 4.39 Å². The number of rotatable bonds is 6. The summed E-state index contributed by atoms with van der Waals surface area (Å²) in [6.45, 7) is 0.274. The lowest BCUT2D eigenvalue weighted by Gasteiger charge is -2.09. The van der Waals surface area contributed by atoms with Crippen LogP contribution < -0.4 is 16.4 Å². The van der Waals surface area contributed by atoms with Crippen LogP contribution >= 0.6 is 11.8 Å². The molecule has 0 fully saturated rings. The van der Waals surface area contributed by atoms with Gasteiger partial charge in [-0.2, -0.15) is 4.99 Å². The van der Waals surface area contributed by atoms with Gasteiger partial charge in [0.2, 0.25) is 5.91 Å². The number of carbonyl (C=O) groups excluding carboxylic acids is 3. The second-order valence-electron chi connectivity index (χ2n) is 6.03. The second-order valence-corrected chi connectivity index (χ2v) is 7.26. The maximum Gasteiger partial charge on any atom is 0.262 e. The maximum absolute atomic E-state index is 12.9. The quantitative estimate of drug-likeness (QED) is 0.687. The zero-order valence-electron chi connectivity index (χ0n) is 14.6. The lowest BCUT2D eigenvalue weighted by molar-refractivity contribution is -0.121. The minimum atomic E-state index is -0.600. The molecule has 1 aliphatic heterocycles. The van der Waals surface area contributed by atoms with Crippen molar-refractivity contribution < 1.29 is 18.8 Å². The summed E-state index contributed by atoms with van der Waals surface area (Å²) < 4.78 is 12.9. The molecule has 0 aliphatic carbocycles. The van der Waals surface area contributed by atoms with E-state index >= 15 is 0 Å². The van der Waals surface area contributed by atoms with Crippen LogP contribution in [0.1, 0.15) is 22.3 Å². The summed E-state index contributed by atoms with van der Waals surface area (Å²) >= 11 is 1.07. The minimum Gasteiger partial charge on any atom is -0.378 e. The standard InChI is InChI=1S/C19H17FN4O3S/c20-13-5-1-11(2-6-13)10-22-17(26)12-3-7-14(8-4-12)23-16(25)9-15-18(27)24-19(21)28-15/h1-8,15H,9-10H2,(H,22,26)(H,23,25)(H2,21,24,27)/t15-/m0/s1. The summed E-state index contributed by atoms with van der Waals surface area (Å²) in [5, 5.41) is 4.97. The van der Waals surface area contributed by atoms with Gasteiger partial charge in [-0.05, 0) is 42.0 Å². The third kappa shape index (κ3) is 5.17. The average molecular weight is 400 g/mol. The second kappa shape index (κ2) is 8.66. The first-order chi connectivity index (χ1) is 13.4. The summed E-state index contributed by atoms with van der Waals surface area (Å²) in [7, 11) is 0. The Bertz CT molecular complexity index is 929. The maximum atomic E-state index is 12.9. The fourth-order valence-electron chi connectivity index (χ4n) is 2.50. The van der Waals surface area contributed by atoms with Crippen LogP contribution in [-0.2, 0) is 16.1 Å². The molecule has 0 bridgehead atoms. The molecule has 0 radical (unpaired) electrons. The summed E-state index contributed by atoms with van der Waals surface area (Å²) in [6, 6.07) is 12.2. The first-order valence-corrected chi connectivity index (χ1v) is 9.26. The Morgan fingerprint density at radius 3 is 2.39 bits per heavy atom. The lowest BCUT2D eigenvalue weighted by atomic mass is 10.1. The third-order valence-corrected chi connectivity index (χ3v) is 4.91. The molecule has 2 aromatic rings. The molecule has 9 heteroatoms. The number of thioether (sulfide) groups is 1. The van der Waals surface area contributed by atoms with Gasteiger partial charge in [0.05, 0.1) is 0 Å². The number of halogens is 1. The van der Waals surface area contributed by atoms with Crippen LogP contribution in [0.3, 0.4) is 0 Å². The molecule has 1 heterocycles. The Kier molecular flexibility index (Phi) is 6.05. The van der Waals surface area contributed by atoms with Gasteiger partial charge >= 0.3 is 0 Å². The first-order valence-electron chi connectivity index (χ1n) is 8.38. The summed E-state index contributed by atoms with van der Waals surface area (Å²) in [5.74, 6) is -1.38. The molecule has 0 aromatic heterocycles. The molecule has 144 valence electrons. The van der Waals surface area contributed by atoms with Gasteiger partial charge in [0.25, 0.3) is 11.8 Å². The first kappa shape index (κ1) is 19.6. The monoisotopic (exact) mass is 400 g/mol. The summed E-state index contributed by atoms with van der Waals surface area (Å²) in [6.07, 6.45) is -0.0341. The van der Waals surface area contributed by atoms with Gasteiger partial charge in [-0.15, -0.1) is 0 Å². The van der Waals surface area contributed by atoms with Crippen molar-refractivity contribution in [1.82, 2.24) is 5.32 Å². The highest BCUT2D eigenvalue weighted by Crippen LogP contribution is 2.23. The normalized spacial score (nSPS) is 15.8. The number of benzene rings is 2. The topological polar surface area (TPSA) is 114 Å². The van der Waals surface area contributed by atoms with Crippen LogP contribution in [0.25, 0.3) is 0 Å². The fraction of sp³-hybridized carbons (Fsp3) is 0.158. The molecule has 0 spiro atoms. The highest BCUT2D eigenvalue weighted by atomic mass is 32.2. The average Bonchev–Trinajstić information content (AvgIpc) is 2.98. The van der Waals surface area contributed by atoms with Crippen molar-refractivity contribution in [2.45, 2.75) is 18.2 Å². The Balaban J connectivity index is 1.50. The number of carbonyl (C=O) groups is 3. The van der Waals surface area contributed by atoms with Crippen LogP contribution in [0.15, 0.2) is 53.5 Å². The number of hydrogen-bond donors (Lipinski definition) is 3. The van der Waals surface area contributed by atoms with Crippen molar-refractivity contribution in [3.8, 4) is 0 Å². The van der Waals surface area contributed by atoms with E-state index in [0.29, 0.717) is 11.3 Å². The van der Waals surface area contributed by atoms with Crippen LogP contribution in [0.2, 0.25) is 0 Å². The van der Waals surface area contributed by atoms with Crippen LogP contribution in [0.5, 0.6) is 0 Å². The number of nitrogens with zero attached hydrogens (tertiary/aromatic N) is 1. The van der Waals surface area contributed by atoms with E-state index < -0.39 is 11.2 Å². The zero-order valence-corrected chi connectivity index (χ0v) is 15.5. The van der Waals surface area contributed by atoms with Gasteiger partial charge < -0.3 is 16.4 Å². The Hall–Kier alpha value is -3.20. The largest absolute Gasteiger partial charge is 0.378 e. The van der Waals surface area contributed by atoms with E-state index in [-0.39, 0.29) is 35.8 Å². The highest BCUT2D eigenvalue weighted by molar-refractivity contribution is 8.15. The van der Waals surface area contributed by atoms with Gasteiger partial charge in [0, 0.05) is 24.2 Å². The highest BCUT2D eigenvalue weighted by Gasteiger charge is 2.29. The molecule has 1 atom stereocenters. The molecular formula is C19H17FN4O3S. The number of hydrogen-bond acceptors (Lipinski definition) is 5. The zero-order chi connectivity index (χ0) is 20.1. The molecule has 0 saturated heterocycles. The van der Waals surface area contributed by atoms with Crippen LogP contribution in [-0.4, -0.2) is 28.1 Å². The number of nitrogens with one attached hydrogen (secondary N) is 2. The number of amidine groups is 1. The molecule has 0 unspecified atom stereocenters. The van der Waals surface area contributed by atoms with Crippen molar-refractivity contribution in [2.24, 2.45) is 10.7 Å². The fourth-order valence-corrected chi connectivity index (χ4v) is 3.33. The van der Waals surface area contributed by atoms with Crippen LogP contribution in [0.4, 0.5) is 10.1 Å². The van der Waals surface area contributed by atoms with Gasteiger partial charge in [-0.1, -0.05) is 23.9 Å². The number of anilines is 1. The SMILES string of the molecule is NC1=NC(=O)[C@H](CC(=O)Nc2ccc(C(=O)NCc3ccc(F)cc3)cc2)S1. The predicted octanol–water partition coefficient (Wildman–Crippen LogP) is 2.04. The van der Waals surface area contributed by atoms with E-state index in [0.717, 1.165) is 17.3 Å². The molecule has 7 nitrogen and oxygen atoms in total. The van der Waals surface area contributed by atoms with Crippen LogP contribution in [0, 0.1) is 5.82 Å². The van der Waals surface area contributed by atoms with Crippen molar-refractivity contribution in [1.29, 1.82) is 0 Å². The lowest BCUT2D eigenvalue weighted by Crippen LogP contribution is -2.23. The van der Waals surface area contributed by atoms with E-state index in [4.69, 9.17) is 5.73 Å². The van der Waals surface area contributed by atoms with E-state index in [1.54, 1.807) is 36.4 Å². The van der Waals surface area contributed by atoms with Crippen molar-refractivity contribution in [2.75, 3.05) is 5.32 Å². The van der Waals surface area contributed by atoms with Gasteiger partial charge in [-0.3, -0.25) is 14.4 Å². The van der Waals surface area contributed by atoms with Crippen molar-refractivity contribution in [3.63, 3.8) is 0 Å². The summed E-state index contributed by atoms with van der Waals surface area (Å²) in [4.78, 5) is 39.3. The molecular weight excluding hydrogens is 383 g/mol. The Morgan fingerprint density at radius 2 is 1.79 bits per heavy atom. The van der Waals surface area contributed by atoms with E-state index in [9.17, 15) is 18.8 Å². The number of aliphatic imine (C=N–C) groups is 1. The number of amides is 3. The van der Waals surface area contributed by atoms with Crippen molar-refractivity contribution in [3.05, 3.63) is 65.5 Å². The molecule has 3 amide bonds. The number of nitrogens with two attached hydrogens (primary N) is 1. The van der Waals surface area contributed by atoms with Gasteiger partial charge in [0.15, 0.2) is 5.17 Å². The van der Waals surface area contributed by atoms with Crippen molar-refractivity contribution >= 4 is 40.3 Å². The molecule has 3 rings (SSSR count). The Morgan fingerprint density at radius 1 is 1.11 bits per heavy atom. The molecule has 0 saturated carbocycles. The summed E-state index contributed by atoms with van der Waals surface area (Å²) in [5.41, 5.74) is 7.17. The van der Waals surface area contributed by atoms with E-state index in [1.165, 1.54) is 12.1 Å². The Labute approximate surface area is 164 Å². The van der Waals surface area contributed by atoms with E-state index in [2.05, 4.69) is 15.6 Å².